The molecular weight excluding hydrogens is 276 g/mol. The van der Waals surface area contributed by atoms with Crippen LogP contribution in [-0.4, -0.2) is 37.5 Å². The third-order valence-corrected chi connectivity index (χ3v) is 3.72. The molecule has 20 heavy (non-hydrogen) atoms. The Hall–Kier alpha value is -1.08. The molecule has 5 nitrogen and oxygen atoms in total. The number of carbonyl (C=O) groups is 1. The van der Waals surface area contributed by atoms with E-state index >= 15 is 0 Å². The van der Waals surface area contributed by atoms with Gasteiger partial charge >= 0.3 is 5.97 Å². The van der Waals surface area contributed by atoms with E-state index < -0.39 is 6.29 Å². The molecule has 3 N–H and O–H groups in total. The van der Waals surface area contributed by atoms with E-state index in [0.717, 1.165) is 25.1 Å². The van der Waals surface area contributed by atoms with Crippen LogP contribution in [0.1, 0.15) is 28.6 Å². The summed E-state index contributed by atoms with van der Waals surface area (Å²) >= 11 is 4.29. The molecule has 4 rings (SSSR count). The van der Waals surface area contributed by atoms with Crippen LogP contribution in [0.15, 0.2) is 24.3 Å². The fraction of sp³-hybridized carbons (Fsp3) is 0.500. The van der Waals surface area contributed by atoms with Crippen LogP contribution in [0.25, 0.3) is 0 Å². The van der Waals surface area contributed by atoms with Crippen molar-refractivity contribution in [1.29, 1.82) is 0 Å². The number of esters is 1. The van der Waals surface area contributed by atoms with E-state index in [1.165, 1.54) is 7.11 Å². The Bertz CT molecular complexity index is 452. The summed E-state index contributed by atoms with van der Waals surface area (Å²) in [4.78, 5) is 11.2. The van der Waals surface area contributed by atoms with Crippen molar-refractivity contribution in [2.24, 2.45) is 5.73 Å². The highest BCUT2D eigenvalue weighted by atomic mass is 32.1. The van der Waals surface area contributed by atoms with Crippen molar-refractivity contribution in [2.45, 2.75) is 24.0 Å². The van der Waals surface area contributed by atoms with Crippen LogP contribution in [-0.2, 0) is 9.47 Å². The number of carbonyl (C=O) groups excluding carboxylic acids is 1. The highest BCUT2D eigenvalue weighted by Gasteiger charge is 2.21. The van der Waals surface area contributed by atoms with Crippen LogP contribution in [0.3, 0.4) is 0 Å². The number of nitrogens with two attached hydrogens (primary N) is 1. The van der Waals surface area contributed by atoms with Gasteiger partial charge in [-0.2, -0.15) is 12.6 Å². The van der Waals surface area contributed by atoms with Gasteiger partial charge in [0.05, 0.1) is 5.56 Å². The third kappa shape index (κ3) is 3.73. The van der Waals surface area contributed by atoms with Crippen LogP contribution in [0.4, 0.5) is 0 Å². The molecule has 0 aromatic heterocycles. The summed E-state index contributed by atoms with van der Waals surface area (Å²) in [5, 5.41) is 3.79. The monoisotopic (exact) mass is 296 g/mol. The molecule has 3 aliphatic heterocycles. The fourth-order valence-corrected chi connectivity index (χ4v) is 2.53. The maximum absolute atomic E-state index is 11.2. The number of fused-ring (bicyclic) bond motifs is 4. The lowest BCUT2D eigenvalue weighted by molar-refractivity contribution is -0.0913. The molecule has 0 radical (unpaired) electrons. The van der Waals surface area contributed by atoms with Crippen molar-refractivity contribution in [3.05, 3.63) is 35.4 Å². The van der Waals surface area contributed by atoms with Gasteiger partial charge in [0, 0.05) is 37.1 Å². The number of rotatable bonds is 2. The Morgan fingerprint density at radius 2 is 2.15 bits per heavy atom. The smallest absolute Gasteiger partial charge is 0.340 e. The first-order valence-electron chi connectivity index (χ1n) is 6.59. The lowest BCUT2D eigenvalue weighted by Crippen LogP contribution is -2.29. The maximum Gasteiger partial charge on any atom is 0.340 e. The first kappa shape index (κ1) is 15.3. The average Bonchev–Trinajstić information content (AvgIpc) is 2.77. The Morgan fingerprint density at radius 3 is 2.60 bits per heavy atom. The van der Waals surface area contributed by atoms with E-state index in [9.17, 15) is 4.79 Å². The average molecular weight is 296 g/mol. The second-order valence-electron chi connectivity index (χ2n) is 4.83. The number of benzene rings is 1. The Kier molecular flexibility index (Phi) is 5.42. The van der Waals surface area contributed by atoms with Crippen LogP contribution >= 0.6 is 12.6 Å². The molecule has 1 aromatic carbocycles. The fourth-order valence-electron chi connectivity index (χ4n) is 2.17. The first-order chi connectivity index (χ1) is 9.63. The van der Waals surface area contributed by atoms with Gasteiger partial charge in [0.1, 0.15) is 0 Å². The molecule has 0 amide bonds. The molecule has 0 saturated carbocycles. The van der Waals surface area contributed by atoms with Gasteiger partial charge in [0.25, 0.3) is 0 Å². The van der Waals surface area contributed by atoms with Gasteiger partial charge in [-0.25, -0.2) is 4.79 Å². The number of nitrogens with one attached hydrogen (secondary N) is 1. The predicted molar refractivity (Wildman–Crippen MR) is 79.8 cm³/mol. The summed E-state index contributed by atoms with van der Waals surface area (Å²) in [5.74, 6) is -0.332. The Morgan fingerprint density at radius 1 is 1.45 bits per heavy atom. The molecule has 110 valence electrons. The largest absolute Gasteiger partial charge is 0.428 e. The van der Waals surface area contributed by atoms with Crippen molar-refractivity contribution in [3.8, 4) is 0 Å². The topological polar surface area (TPSA) is 73.6 Å². The summed E-state index contributed by atoms with van der Waals surface area (Å²) in [7, 11) is 1.51. The van der Waals surface area contributed by atoms with Gasteiger partial charge in [0.15, 0.2) is 0 Å². The highest BCUT2D eigenvalue weighted by molar-refractivity contribution is 7.81. The quantitative estimate of drug-likeness (QED) is 0.563. The van der Waals surface area contributed by atoms with Crippen LogP contribution < -0.4 is 11.1 Å². The zero-order valence-corrected chi connectivity index (χ0v) is 12.3. The highest BCUT2D eigenvalue weighted by Crippen LogP contribution is 2.24. The summed E-state index contributed by atoms with van der Waals surface area (Å²) in [6.45, 7) is 1.77. The lowest BCUT2D eigenvalue weighted by atomic mass is 10.2. The van der Waals surface area contributed by atoms with E-state index in [2.05, 4.69) is 17.9 Å². The van der Waals surface area contributed by atoms with E-state index in [-0.39, 0.29) is 5.97 Å². The van der Waals surface area contributed by atoms with Crippen molar-refractivity contribution in [2.75, 3.05) is 20.2 Å². The predicted octanol–water partition coefficient (Wildman–Crippen LogP) is 1.11. The molecule has 2 bridgehead atoms. The molecule has 3 heterocycles. The maximum atomic E-state index is 11.2. The minimum atomic E-state index is -0.551. The van der Waals surface area contributed by atoms with Crippen molar-refractivity contribution < 1.29 is 14.3 Å². The van der Waals surface area contributed by atoms with Gasteiger partial charge in [-0.1, -0.05) is 12.1 Å². The van der Waals surface area contributed by atoms with Gasteiger partial charge in [-0.05, 0) is 18.6 Å². The van der Waals surface area contributed by atoms with E-state index in [0.29, 0.717) is 16.9 Å². The molecule has 3 atom stereocenters. The van der Waals surface area contributed by atoms with E-state index in [1.54, 1.807) is 12.1 Å². The van der Waals surface area contributed by atoms with Gasteiger partial charge in [0.2, 0.25) is 6.29 Å². The Balaban J connectivity index is 0.000000160. The summed E-state index contributed by atoms with van der Waals surface area (Å²) < 4.78 is 9.96. The minimum Gasteiger partial charge on any atom is -0.428 e. The standard InChI is InChI=1S/C9H8O3.C5H12N2S/c1-11-9-7-4-2-6(3-5-7)8(10)12-9;6-2-4-1-5(8)3-7-4/h2-5,9H,1H3;4-5,7-8H,1-3,6H2. The SMILES string of the molecule is COC1OC(=O)c2ccc1cc2.NCC1CC(S)CN1. The summed E-state index contributed by atoms with van der Waals surface area (Å²) in [6, 6.07) is 7.65. The van der Waals surface area contributed by atoms with Gasteiger partial charge < -0.3 is 20.5 Å². The molecule has 3 unspecified atom stereocenters. The van der Waals surface area contributed by atoms with Crippen molar-refractivity contribution in [3.63, 3.8) is 0 Å². The zero-order valence-electron chi connectivity index (χ0n) is 11.4. The van der Waals surface area contributed by atoms with Crippen LogP contribution in [0.2, 0.25) is 0 Å². The van der Waals surface area contributed by atoms with Gasteiger partial charge in [-0.15, -0.1) is 0 Å². The first-order valence-corrected chi connectivity index (χ1v) is 7.11. The zero-order chi connectivity index (χ0) is 14.5. The Labute approximate surface area is 124 Å². The normalized spacial score (nSPS) is 27.6. The molecule has 0 aliphatic carbocycles. The minimum absolute atomic E-state index is 0.332. The van der Waals surface area contributed by atoms with Crippen molar-refractivity contribution >= 4 is 18.6 Å². The van der Waals surface area contributed by atoms with Crippen molar-refractivity contribution in [1.82, 2.24) is 5.32 Å². The summed E-state index contributed by atoms with van der Waals surface area (Å²) in [6.07, 6.45) is 0.574. The van der Waals surface area contributed by atoms with Gasteiger partial charge in [-0.3, -0.25) is 0 Å². The third-order valence-electron chi connectivity index (χ3n) is 3.33. The summed E-state index contributed by atoms with van der Waals surface area (Å²) in [5.41, 5.74) is 6.84. The number of thiol groups is 1. The van der Waals surface area contributed by atoms with E-state index in [4.69, 9.17) is 15.2 Å². The molecule has 0 spiro atoms. The molecular formula is C14H20N2O3S. The molecule has 1 aromatic rings. The number of hydrogen-bond acceptors (Lipinski definition) is 6. The van der Waals surface area contributed by atoms with Crippen LogP contribution in [0.5, 0.6) is 0 Å². The number of methoxy groups -OCH3 is 1. The number of hydrogen-bond donors (Lipinski definition) is 3. The number of ether oxygens (including phenoxy) is 2. The van der Waals surface area contributed by atoms with Crippen LogP contribution in [0, 0.1) is 0 Å². The second-order valence-corrected chi connectivity index (χ2v) is 5.56. The lowest BCUT2D eigenvalue weighted by Gasteiger charge is -2.11. The molecule has 3 aliphatic rings. The van der Waals surface area contributed by atoms with E-state index in [1.807, 2.05) is 12.1 Å². The molecule has 6 heteroatoms. The second kappa shape index (κ2) is 7.08. The molecule has 1 saturated heterocycles. The molecule has 1 fully saturated rings.